The normalized spacial score (nSPS) is 10.7. The molecule has 3 nitrogen and oxygen atoms in total. The lowest BCUT2D eigenvalue weighted by molar-refractivity contribution is 0.0935. The minimum absolute atomic E-state index is 0.0140. The predicted octanol–water partition coefficient (Wildman–Crippen LogP) is 2.34. The quantitative estimate of drug-likeness (QED) is 0.830. The number of halogens is 1. The van der Waals surface area contributed by atoms with E-state index < -0.39 is 5.82 Å². The molecule has 108 valence electrons. The first kappa shape index (κ1) is 16.2. The molecule has 4 heteroatoms. The second-order valence-corrected chi connectivity index (χ2v) is 5.35. The highest BCUT2D eigenvalue weighted by molar-refractivity contribution is 5.96. The monoisotopic (exact) mass is 277 g/mol. The zero-order valence-electron chi connectivity index (χ0n) is 12.1. The molecule has 20 heavy (non-hydrogen) atoms. The summed E-state index contributed by atoms with van der Waals surface area (Å²) in [5.41, 5.74) is 0.588. The fraction of sp³-hybridized carbons (Fsp3) is 0.438. The third kappa shape index (κ3) is 4.67. The maximum atomic E-state index is 13.3. The zero-order chi connectivity index (χ0) is 15.2. The number of hydrogen-bond donors (Lipinski definition) is 2. The summed E-state index contributed by atoms with van der Waals surface area (Å²) < 4.78 is 13.3. The summed E-state index contributed by atoms with van der Waals surface area (Å²) in [6.45, 7) is 6.34. The molecule has 0 unspecified atom stereocenters. The van der Waals surface area contributed by atoms with E-state index in [9.17, 15) is 9.18 Å². The molecule has 2 N–H and O–H groups in total. The molecule has 0 atom stereocenters. The Morgan fingerprint density at radius 2 is 2.15 bits per heavy atom. The average Bonchev–Trinajstić information content (AvgIpc) is 2.43. The number of aliphatic hydroxyl groups excluding tert-OH is 1. The van der Waals surface area contributed by atoms with Crippen molar-refractivity contribution in [3.63, 3.8) is 0 Å². The molecule has 1 amide bonds. The van der Waals surface area contributed by atoms with Crippen LogP contribution in [0.1, 0.15) is 43.1 Å². The van der Waals surface area contributed by atoms with Crippen LogP contribution < -0.4 is 5.32 Å². The number of hydrogen-bond acceptors (Lipinski definition) is 2. The summed E-state index contributed by atoms with van der Waals surface area (Å²) in [4.78, 5) is 12.1. The molecule has 0 heterocycles. The molecule has 0 aromatic heterocycles. The van der Waals surface area contributed by atoms with Crippen molar-refractivity contribution in [3.05, 3.63) is 35.1 Å². The van der Waals surface area contributed by atoms with E-state index in [1.807, 2.05) is 20.8 Å². The maximum absolute atomic E-state index is 13.3. The molecule has 0 spiro atoms. The molecular formula is C16H20FNO2. The highest BCUT2D eigenvalue weighted by Gasteiger charge is 2.18. The molecule has 0 aliphatic carbocycles. The van der Waals surface area contributed by atoms with E-state index in [-0.39, 0.29) is 23.5 Å². The second-order valence-electron chi connectivity index (χ2n) is 5.35. The van der Waals surface area contributed by atoms with Crippen LogP contribution in [0.5, 0.6) is 0 Å². The Kier molecular flexibility index (Phi) is 5.72. The Balaban J connectivity index is 2.94. The van der Waals surface area contributed by atoms with E-state index in [0.717, 1.165) is 12.5 Å². The minimum Gasteiger partial charge on any atom is -0.384 e. The number of aliphatic hydroxyl groups is 1. The summed E-state index contributed by atoms with van der Waals surface area (Å²) in [7, 11) is 0. The zero-order valence-corrected chi connectivity index (χ0v) is 12.1. The van der Waals surface area contributed by atoms with E-state index in [0.29, 0.717) is 12.1 Å². The molecule has 0 fully saturated rings. The van der Waals surface area contributed by atoms with Crippen molar-refractivity contribution in [3.8, 4) is 11.8 Å². The van der Waals surface area contributed by atoms with Gasteiger partial charge >= 0.3 is 0 Å². The highest BCUT2D eigenvalue weighted by atomic mass is 19.1. The lowest BCUT2D eigenvalue weighted by atomic mass is 9.90. The van der Waals surface area contributed by atoms with Crippen LogP contribution in [-0.2, 0) is 0 Å². The fourth-order valence-electron chi connectivity index (χ4n) is 1.49. The van der Waals surface area contributed by atoms with Gasteiger partial charge in [0.1, 0.15) is 12.4 Å². The van der Waals surface area contributed by atoms with E-state index in [1.165, 1.54) is 12.1 Å². The van der Waals surface area contributed by atoms with Crippen LogP contribution in [0.2, 0.25) is 0 Å². The standard InChI is InChI=1S/C16H20FNO2/c1-4-16(2,3)11-18-15(20)14-10-13(17)8-7-12(14)6-5-9-19/h7-8,10,19H,4,9,11H2,1-3H3,(H,18,20). The molecule has 1 aromatic rings. The predicted molar refractivity (Wildman–Crippen MR) is 76.8 cm³/mol. The summed E-state index contributed by atoms with van der Waals surface area (Å²) in [6, 6.07) is 3.85. The van der Waals surface area contributed by atoms with E-state index in [4.69, 9.17) is 5.11 Å². The van der Waals surface area contributed by atoms with E-state index in [2.05, 4.69) is 17.2 Å². The lowest BCUT2D eigenvalue weighted by Crippen LogP contribution is -2.34. The topological polar surface area (TPSA) is 49.3 Å². The van der Waals surface area contributed by atoms with Gasteiger partial charge in [-0.3, -0.25) is 4.79 Å². The summed E-state index contributed by atoms with van der Waals surface area (Å²) in [5.74, 6) is 4.28. The molecule has 0 saturated carbocycles. The molecule has 0 bridgehead atoms. The summed E-state index contributed by atoms with van der Waals surface area (Å²) >= 11 is 0. The number of amides is 1. The average molecular weight is 277 g/mol. The van der Waals surface area contributed by atoms with Gasteiger partial charge in [-0.05, 0) is 30.0 Å². The first-order chi connectivity index (χ1) is 9.39. The Morgan fingerprint density at radius 3 is 2.75 bits per heavy atom. The van der Waals surface area contributed by atoms with Gasteiger partial charge < -0.3 is 10.4 Å². The van der Waals surface area contributed by atoms with Crippen molar-refractivity contribution in [2.24, 2.45) is 5.41 Å². The Labute approximate surface area is 119 Å². The summed E-state index contributed by atoms with van der Waals surface area (Å²) in [6.07, 6.45) is 0.924. The van der Waals surface area contributed by atoms with E-state index in [1.54, 1.807) is 0 Å². The van der Waals surface area contributed by atoms with Gasteiger partial charge in [-0.15, -0.1) is 0 Å². The van der Waals surface area contributed by atoms with Gasteiger partial charge in [0.25, 0.3) is 5.91 Å². The van der Waals surface area contributed by atoms with Crippen LogP contribution in [0, 0.1) is 23.1 Å². The Bertz CT molecular complexity index is 541. The van der Waals surface area contributed by atoms with Crippen molar-refractivity contribution in [2.75, 3.05) is 13.2 Å². The largest absolute Gasteiger partial charge is 0.384 e. The van der Waals surface area contributed by atoms with Crippen LogP contribution in [0.4, 0.5) is 4.39 Å². The molecule has 1 aromatic carbocycles. The molecule has 0 aliphatic rings. The first-order valence-corrected chi connectivity index (χ1v) is 6.57. The van der Waals surface area contributed by atoms with Crippen LogP contribution in [-0.4, -0.2) is 24.2 Å². The molecule has 0 saturated heterocycles. The van der Waals surface area contributed by atoms with Crippen molar-refractivity contribution in [2.45, 2.75) is 27.2 Å². The van der Waals surface area contributed by atoms with Crippen molar-refractivity contribution >= 4 is 5.91 Å². The van der Waals surface area contributed by atoms with E-state index >= 15 is 0 Å². The minimum atomic E-state index is -0.487. The van der Waals surface area contributed by atoms with Crippen molar-refractivity contribution < 1.29 is 14.3 Å². The third-order valence-electron chi connectivity index (χ3n) is 3.21. The second kappa shape index (κ2) is 7.06. The fourth-order valence-corrected chi connectivity index (χ4v) is 1.49. The first-order valence-electron chi connectivity index (χ1n) is 6.57. The number of nitrogens with one attached hydrogen (secondary N) is 1. The van der Waals surface area contributed by atoms with Gasteiger partial charge in [0.15, 0.2) is 0 Å². The third-order valence-corrected chi connectivity index (χ3v) is 3.21. The molecular weight excluding hydrogens is 257 g/mol. The molecule has 0 radical (unpaired) electrons. The molecule has 1 rings (SSSR count). The van der Waals surface area contributed by atoms with Gasteiger partial charge in [-0.2, -0.15) is 0 Å². The number of carbonyl (C=O) groups excluding carboxylic acids is 1. The number of rotatable bonds is 4. The van der Waals surface area contributed by atoms with Gasteiger partial charge in [0, 0.05) is 12.1 Å². The van der Waals surface area contributed by atoms with Crippen LogP contribution in [0.3, 0.4) is 0 Å². The smallest absolute Gasteiger partial charge is 0.252 e. The van der Waals surface area contributed by atoms with Gasteiger partial charge in [0.2, 0.25) is 0 Å². The van der Waals surface area contributed by atoms with Crippen LogP contribution in [0.15, 0.2) is 18.2 Å². The maximum Gasteiger partial charge on any atom is 0.252 e. The Hall–Kier alpha value is -1.86. The summed E-state index contributed by atoms with van der Waals surface area (Å²) in [5, 5.41) is 11.5. The van der Waals surface area contributed by atoms with Crippen molar-refractivity contribution in [1.82, 2.24) is 5.32 Å². The molecule has 0 aliphatic heterocycles. The highest BCUT2D eigenvalue weighted by Crippen LogP contribution is 2.18. The van der Waals surface area contributed by atoms with Gasteiger partial charge in [-0.25, -0.2) is 4.39 Å². The Morgan fingerprint density at radius 1 is 1.45 bits per heavy atom. The lowest BCUT2D eigenvalue weighted by Gasteiger charge is -2.23. The van der Waals surface area contributed by atoms with Crippen LogP contribution in [0.25, 0.3) is 0 Å². The number of carbonyl (C=O) groups is 1. The van der Waals surface area contributed by atoms with Gasteiger partial charge in [0.05, 0.1) is 5.56 Å². The number of benzene rings is 1. The van der Waals surface area contributed by atoms with Gasteiger partial charge in [-0.1, -0.05) is 32.6 Å². The SMILES string of the molecule is CCC(C)(C)CNC(=O)c1cc(F)ccc1C#CCO. The van der Waals surface area contributed by atoms with Crippen molar-refractivity contribution in [1.29, 1.82) is 0 Å². The van der Waals surface area contributed by atoms with Crippen LogP contribution >= 0.6 is 0 Å².